The van der Waals surface area contributed by atoms with Gasteiger partial charge in [0.2, 0.25) is 0 Å². The van der Waals surface area contributed by atoms with Crippen LogP contribution in [-0.2, 0) is 28.6 Å². The molecule has 0 bridgehead atoms. The number of ether oxygens (including phenoxy) is 3. The molecule has 0 amide bonds. The van der Waals surface area contributed by atoms with Crippen molar-refractivity contribution in [1.29, 1.82) is 0 Å². The van der Waals surface area contributed by atoms with Crippen LogP contribution in [0.15, 0.2) is 72.9 Å². The van der Waals surface area contributed by atoms with Gasteiger partial charge in [-0.3, -0.25) is 14.4 Å². The van der Waals surface area contributed by atoms with Gasteiger partial charge in [0, 0.05) is 19.3 Å². The minimum Gasteiger partial charge on any atom is -0.462 e. The van der Waals surface area contributed by atoms with E-state index in [1.165, 1.54) is 225 Å². The SMILES string of the molecule is CC/C=C\C/C=C\C/C=C\C/C=C\C/C=C\C/C=C\CCCCCCCCC(=O)OCC(COC(=O)CCCCCCCCCCCCCCC)OC(=O)CCCCCCCCCCCCCCCCCCCCCCCCCCC. The zero-order chi connectivity index (χ0) is 58.5. The van der Waals surface area contributed by atoms with Crippen molar-refractivity contribution in [3.05, 3.63) is 72.9 Å². The molecule has 0 aliphatic rings. The third-order valence-corrected chi connectivity index (χ3v) is 15.7. The quantitative estimate of drug-likeness (QED) is 0.0261. The maximum atomic E-state index is 13.0. The van der Waals surface area contributed by atoms with Gasteiger partial charge in [-0.2, -0.15) is 0 Å². The van der Waals surface area contributed by atoms with E-state index in [-0.39, 0.29) is 31.1 Å². The van der Waals surface area contributed by atoms with E-state index in [0.29, 0.717) is 19.3 Å². The standard InChI is InChI=1S/C75H134O6/c1-4-7-10-13-16-19-22-25-27-29-31-33-35-37-39-41-43-45-47-50-53-56-59-62-65-68-74(77)80-71-72(70-79-73(76)67-64-61-58-55-52-49-24-21-18-15-12-9-6-3)81-75(78)69-66-63-60-57-54-51-48-46-44-42-40-38-36-34-32-30-28-26-23-20-17-14-11-8-5-2/h7,10,16,19,25,27,31,33,37,39,43,45,72H,4-6,8-9,11-15,17-18,20-24,26,28-30,32,34-36,38,40-42,44,46-71H2,1-3H3/b10-7-,19-16-,27-25-,33-31-,39-37-,45-43-. The van der Waals surface area contributed by atoms with Crippen LogP contribution in [0.4, 0.5) is 0 Å². The zero-order valence-electron chi connectivity index (χ0n) is 54.1. The predicted octanol–water partition coefficient (Wildman–Crippen LogP) is 24.4. The second-order valence-electron chi connectivity index (χ2n) is 23.8. The van der Waals surface area contributed by atoms with Crippen molar-refractivity contribution in [2.75, 3.05) is 13.2 Å². The average Bonchev–Trinajstić information content (AvgIpc) is 3.46. The van der Waals surface area contributed by atoms with E-state index in [4.69, 9.17) is 14.2 Å². The summed E-state index contributed by atoms with van der Waals surface area (Å²) in [5, 5.41) is 0. The predicted molar refractivity (Wildman–Crippen MR) is 353 cm³/mol. The minimum absolute atomic E-state index is 0.0751. The minimum atomic E-state index is -0.780. The number of rotatable bonds is 65. The molecule has 0 heterocycles. The van der Waals surface area contributed by atoms with Gasteiger partial charge in [-0.05, 0) is 70.6 Å². The molecule has 0 aliphatic heterocycles. The summed E-state index contributed by atoms with van der Waals surface area (Å²) >= 11 is 0. The van der Waals surface area contributed by atoms with Gasteiger partial charge >= 0.3 is 17.9 Å². The highest BCUT2D eigenvalue weighted by atomic mass is 16.6. The highest BCUT2D eigenvalue weighted by Gasteiger charge is 2.19. The first kappa shape index (κ1) is 77.9. The van der Waals surface area contributed by atoms with Crippen LogP contribution in [0.5, 0.6) is 0 Å². The van der Waals surface area contributed by atoms with Crippen LogP contribution in [0.3, 0.4) is 0 Å². The molecule has 0 aromatic rings. The van der Waals surface area contributed by atoms with Crippen LogP contribution in [0, 0.1) is 0 Å². The Bertz CT molecular complexity index is 1490. The summed E-state index contributed by atoms with van der Waals surface area (Å²) in [6.45, 7) is 6.57. The Kier molecular flexibility index (Phi) is 66.6. The Morgan fingerprint density at radius 3 is 0.753 bits per heavy atom. The van der Waals surface area contributed by atoms with Crippen molar-refractivity contribution < 1.29 is 28.6 Å². The van der Waals surface area contributed by atoms with Crippen molar-refractivity contribution >= 4 is 17.9 Å². The molecule has 0 radical (unpaired) electrons. The average molecular weight is 1130 g/mol. The molecule has 0 saturated carbocycles. The second kappa shape index (κ2) is 69.3. The molecule has 0 spiro atoms. The molecule has 0 aliphatic carbocycles. The molecule has 6 heteroatoms. The van der Waals surface area contributed by atoms with Crippen molar-refractivity contribution in [3.8, 4) is 0 Å². The lowest BCUT2D eigenvalue weighted by Crippen LogP contribution is -2.30. The summed E-state index contributed by atoms with van der Waals surface area (Å²) < 4.78 is 17.0. The molecule has 470 valence electrons. The van der Waals surface area contributed by atoms with Gasteiger partial charge in [-0.25, -0.2) is 0 Å². The zero-order valence-corrected chi connectivity index (χ0v) is 54.1. The van der Waals surface area contributed by atoms with Crippen LogP contribution >= 0.6 is 0 Å². The molecule has 6 nitrogen and oxygen atoms in total. The number of unbranched alkanes of at least 4 members (excludes halogenated alkanes) is 42. The van der Waals surface area contributed by atoms with Gasteiger partial charge < -0.3 is 14.2 Å². The van der Waals surface area contributed by atoms with E-state index in [1.54, 1.807) is 0 Å². The lowest BCUT2D eigenvalue weighted by molar-refractivity contribution is -0.167. The second-order valence-corrected chi connectivity index (χ2v) is 23.8. The Morgan fingerprint density at radius 2 is 0.481 bits per heavy atom. The lowest BCUT2D eigenvalue weighted by Gasteiger charge is -2.18. The number of hydrogen-bond acceptors (Lipinski definition) is 6. The monoisotopic (exact) mass is 1130 g/mol. The van der Waals surface area contributed by atoms with Crippen LogP contribution < -0.4 is 0 Å². The molecule has 0 N–H and O–H groups in total. The lowest BCUT2D eigenvalue weighted by atomic mass is 10.0. The Labute approximate surface area is 503 Å². The van der Waals surface area contributed by atoms with Gasteiger partial charge in [0.25, 0.3) is 0 Å². The molecule has 0 aromatic carbocycles. The third-order valence-electron chi connectivity index (χ3n) is 15.7. The topological polar surface area (TPSA) is 78.9 Å². The summed E-state index contributed by atoms with van der Waals surface area (Å²) in [5.74, 6) is -0.867. The first-order valence-corrected chi connectivity index (χ1v) is 35.4. The fourth-order valence-electron chi connectivity index (χ4n) is 10.5. The van der Waals surface area contributed by atoms with Gasteiger partial charge in [0.15, 0.2) is 6.10 Å². The number of hydrogen-bond donors (Lipinski definition) is 0. The molecule has 0 fully saturated rings. The fourth-order valence-corrected chi connectivity index (χ4v) is 10.5. The number of carbonyl (C=O) groups excluding carboxylic acids is 3. The number of carbonyl (C=O) groups is 3. The highest BCUT2D eigenvalue weighted by molar-refractivity contribution is 5.71. The first-order valence-electron chi connectivity index (χ1n) is 35.4. The van der Waals surface area contributed by atoms with E-state index < -0.39 is 6.10 Å². The molecule has 1 unspecified atom stereocenters. The van der Waals surface area contributed by atoms with Crippen molar-refractivity contribution in [1.82, 2.24) is 0 Å². The maximum Gasteiger partial charge on any atom is 0.306 e. The van der Waals surface area contributed by atoms with Gasteiger partial charge in [-0.1, -0.05) is 351 Å². The molecular formula is C75H134O6. The molecule has 1 atom stereocenters. The Balaban J connectivity index is 4.29. The van der Waals surface area contributed by atoms with Crippen LogP contribution in [0.1, 0.15) is 367 Å². The van der Waals surface area contributed by atoms with E-state index in [0.717, 1.165) is 103 Å². The number of allylic oxidation sites excluding steroid dienone is 12. The van der Waals surface area contributed by atoms with E-state index in [9.17, 15) is 14.4 Å². The molecule has 0 aromatic heterocycles. The summed E-state index contributed by atoms with van der Waals surface area (Å²) in [7, 11) is 0. The molecule has 81 heavy (non-hydrogen) atoms. The molecule has 0 saturated heterocycles. The number of esters is 3. The van der Waals surface area contributed by atoms with Gasteiger partial charge in [0.1, 0.15) is 13.2 Å². The van der Waals surface area contributed by atoms with E-state index in [2.05, 4.69) is 93.7 Å². The smallest absolute Gasteiger partial charge is 0.306 e. The van der Waals surface area contributed by atoms with Crippen molar-refractivity contribution in [2.45, 2.75) is 374 Å². The third kappa shape index (κ3) is 67.5. The Morgan fingerprint density at radius 1 is 0.259 bits per heavy atom. The van der Waals surface area contributed by atoms with Gasteiger partial charge in [0.05, 0.1) is 0 Å². The summed E-state index contributed by atoms with van der Waals surface area (Å²) in [4.78, 5) is 38.4. The first-order chi connectivity index (χ1) is 40.0. The van der Waals surface area contributed by atoms with Gasteiger partial charge in [-0.15, -0.1) is 0 Å². The maximum absolute atomic E-state index is 13.0. The van der Waals surface area contributed by atoms with Crippen LogP contribution in [0.2, 0.25) is 0 Å². The van der Waals surface area contributed by atoms with Crippen molar-refractivity contribution in [3.63, 3.8) is 0 Å². The van der Waals surface area contributed by atoms with Crippen LogP contribution in [0.25, 0.3) is 0 Å². The molecule has 0 rings (SSSR count). The highest BCUT2D eigenvalue weighted by Crippen LogP contribution is 2.18. The molecular weight excluding hydrogens is 997 g/mol. The summed E-state index contributed by atoms with van der Waals surface area (Å²) in [6.07, 6.45) is 90.7. The van der Waals surface area contributed by atoms with E-state index >= 15 is 0 Å². The van der Waals surface area contributed by atoms with Crippen molar-refractivity contribution in [2.24, 2.45) is 0 Å². The normalized spacial score (nSPS) is 12.5. The summed E-state index contributed by atoms with van der Waals surface area (Å²) in [6, 6.07) is 0. The van der Waals surface area contributed by atoms with Crippen LogP contribution in [-0.4, -0.2) is 37.2 Å². The van der Waals surface area contributed by atoms with E-state index in [1.807, 2.05) is 0 Å². The Hall–Kier alpha value is -3.15. The largest absolute Gasteiger partial charge is 0.462 e. The fraction of sp³-hybridized carbons (Fsp3) is 0.800. The summed E-state index contributed by atoms with van der Waals surface area (Å²) in [5.41, 5.74) is 0.